The molecule has 1 aromatic rings. The lowest BCUT2D eigenvalue weighted by molar-refractivity contribution is -0.121. The van der Waals surface area contributed by atoms with E-state index in [-0.39, 0.29) is 11.9 Å². The lowest BCUT2D eigenvalue weighted by Crippen LogP contribution is -2.29. The first-order valence-electron chi connectivity index (χ1n) is 5.16. The van der Waals surface area contributed by atoms with Crippen LogP contribution < -0.4 is 11.1 Å². The van der Waals surface area contributed by atoms with Crippen LogP contribution in [0.2, 0.25) is 0 Å². The Kier molecular flexibility index (Phi) is 4.31. The SMILES string of the molecule is Cc1ccccc1CNC(=O)CC(C)N. The number of hydrogen-bond donors (Lipinski definition) is 2. The van der Waals surface area contributed by atoms with Crippen LogP contribution in [0.25, 0.3) is 0 Å². The van der Waals surface area contributed by atoms with Gasteiger partial charge in [0.15, 0.2) is 0 Å². The van der Waals surface area contributed by atoms with E-state index in [0.717, 1.165) is 5.56 Å². The fraction of sp³-hybridized carbons (Fsp3) is 0.417. The molecule has 3 heteroatoms. The molecule has 0 radical (unpaired) electrons. The van der Waals surface area contributed by atoms with Gasteiger partial charge in [0.05, 0.1) is 0 Å². The molecule has 0 aliphatic rings. The Morgan fingerprint density at radius 3 is 2.73 bits per heavy atom. The Hall–Kier alpha value is -1.35. The second-order valence-corrected chi connectivity index (χ2v) is 3.88. The summed E-state index contributed by atoms with van der Waals surface area (Å²) in [7, 11) is 0. The first-order chi connectivity index (χ1) is 7.09. The summed E-state index contributed by atoms with van der Waals surface area (Å²) in [6.07, 6.45) is 0.381. The third-order valence-corrected chi connectivity index (χ3v) is 2.24. The summed E-state index contributed by atoms with van der Waals surface area (Å²) in [6, 6.07) is 7.93. The van der Waals surface area contributed by atoms with Crippen LogP contribution >= 0.6 is 0 Å². The summed E-state index contributed by atoms with van der Waals surface area (Å²) >= 11 is 0. The second kappa shape index (κ2) is 5.51. The largest absolute Gasteiger partial charge is 0.352 e. The molecule has 1 atom stereocenters. The van der Waals surface area contributed by atoms with E-state index >= 15 is 0 Å². The van der Waals surface area contributed by atoms with Gasteiger partial charge in [-0.2, -0.15) is 0 Å². The van der Waals surface area contributed by atoms with E-state index in [2.05, 4.69) is 5.32 Å². The molecule has 82 valence electrons. The number of benzene rings is 1. The standard InChI is InChI=1S/C12H18N2O/c1-9-5-3-4-6-11(9)8-14-12(15)7-10(2)13/h3-6,10H,7-8,13H2,1-2H3,(H,14,15). The fourth-order valence-corrected chi connectivity index (χ4v) is 1.37. The van der Waals surface area contributed by atoms with Crippen LogP contribution in [-0.2, 0) is 11.3 Å². The molecule has 15 heavy (non-hydrogen) atoms. The predicted molar refractivity (Wildman–Crippen MR) is 61.3 cm³/mol. The van der Waals surface area contributed by atoms with Crippen LogP contribution in [0, 0.1) is 6.92 Å². The number of carbonyl (C=O) groups is 1. The van der Waals surface area contributed by atoms with Crippen molar-refractivity contribution in [1.82, 2.24) is 5.32 Å². The summed E-state index contributed by atoms with van der Waals surface area (Å²) in [5.74, 6) is 0.00764. The summed E-state index contributed by atoms with van der Waals surface area (Å²) in [4.78, 5) is 11.3. The normalized spacial score (nSPS) is 12.2. The molecule has 0 aliphatic heterocycles. The molecule has 1 aromatic carbocycles. The molecule has 0 aromatic heterocycles. The van der Waals surface area contributed by atoms with Crippen LogP contribution in [-0.4, -0.2) is 11.9 Å². The maximum absolute atomic E-state index is 11.3. The minimum atomic E-state index is -0.0816. The molecule has 1 rings (SSSR count). The van der Waals surface area contributed by atoms with Crippen molar-refractivity contribution in [3.8, 4) is 0 Å². The predicted octanol–water partition coefficient (Wildman–Crippen LogP) is 1.35. The summed E-state index contributed by atoms with van der Waals surface area (Å²) in [5.41, 5.74) is 7.87. The average Bonchev–Trinajstić information content (AvgIpc) is 2.15. The quantitative estimate of drug-likeness (QED) is 0.781. The molecule has 1 amide bonds. The zero-order valence-corrected chi connectivity index (χ0v) is 9.29. The summed E-state index contributed by atoms with van der Waals surface area (Å²) in [6.45, 7) is 4.44. The topological polar surface area (TPSA) is 55.1 Å². The van der Waals surface area contributed by atoms with Crippen molar-refractivity contribution in [1.29, 1.82) is 0 Å². The van der Waals surface area contributed by atoms with E-state index in [0.29, 0.717) is 13.0 Å². The molecule has 1 unspecified atom stereocenters. The Balaban J connectivity index is 2.44. The van der Waals surface area contributed by atoms with Crippen molar-refractivity contribution < 1.29 is 4.79 Å². The van der Waals surface area contributed by atoms with Crippen LogP contribution in [0.3, 0.4) is 0 Å². The molecule has 0 bridgehead atoms. The van der Waals surface area contributed by atoms with Gasteiger partial charge in [-0.25, -0.2) is 0 Å². The molecule has 3 N–H and O–H groups in total. The van der Waals surface area contributed by atoms with E-state index in [4.69, 9.17) is 5.73 Å². The van der Waals surface area contributed by atoms with Gasteiger partial charge in [0.25, 0.3) is 0 Å². The molecule has 0 saturated heterocycles. The Morgan fingerprint density at radius 1 is 1.47 bits per heavy atom. The number of rotatable bonds is 4. The highest BCUT2D eigenvalue weighted by molar-refractivity contribution is 5.76. The molecule has 3 nitrogen and oxygen atoms in total. The molecule has 0 heterocycles. The summed E-state index contributed by atoms with van der Waals surface area (Å²) < 4.78 is 0. The van der Waals surface area contributed by atoms with Gasteiger partial charge in [0.2, 0.25) is 5.91 Å². The zero-order valence-electron chi connectivity index (χ0n) is 9.29. The van der Waals surface area contributed by atoms with Gasteiger partial charge >= 0.3 is 0 Å². The van der Waals surface area contributed by atoms with Crippen molar-refractivity contribution in [3.63, 3.8) is 0 Å². The van der Waals surface area contributed by atoms with Crippen LogP contribution in [0.5, 0.6) is 0 Å². The molecule has 0 aliphatic carbocycles. The maximum Gasteiger partial charge on any atom is 0.221 e. The monoisotopic (exact) mass is 206 g/mol. The smallest absolute Gasteiger partial charge is 0.221 e. The lowest BCUT2D eigenvalue weighted by atomic mass is 10.1. The first kappa shape index (κ1) is 11.7. The van der Waals surface area contributed by atoms with Crippen LogP contribution in [0.1, 0.15) is 24.5 Å². The third-order valence-electron chi connectivity index (χ3n) is 2.24. The highest BCUT2D eigenvalue weighted by Crippen LogP contribution is 2.06. The van der Waals surface area contributed by atoms with Crippen molar-refractivity contribution in [3.05, 3.63) is 35.4 Å². The molecule has 0 spiro atoms. The van der Waals surface area contributed by atoms with Crippen molar-refractivity contribution in [2.45, 2.75) is 32.9 Å². The zero-order chi connectivity index (χ0) is 11.3. The summed E-state index contributed by atoms with van der Waals surface area (Å²) in [5, 5.41) is 2.85. The van der Waals surface area contributed by atoms with E-state index < -0.39 is 0 Å². The minimum absolute atomic E-state index is 0.00764. The lowest BCUT2D eigenvalue weighted by Gasteiger charge is -2.09. The Morgan fingerprint density at radius 2 is 2.13 bits per heavy atom. The Bertz CT molecular complexity index is 334. The third kappa shape index (κ3) is 4.13. The molecule has 0 fully saturated rings. The van der Waals surface area contributed by atoms with Gasteiger partial charge in [0, 0.05) is 19.0 Å². The van der Waals surface area contributed by atoms with Gasteiger partial charge in [-0.05, 0) is 25.0 Å². The van der Waals surface area contributed by atoms with Crippen molar-refractivity contribution >= 4 is 5.91 Å². The molecular formula is C12H18N2O. The van der Waals surface area contributed by atoms with Gasteiger partial charge in [-0.1, -0.05) is 24.3 Å². The van der Waals surface area contributed by atoms with Gasteiger partial charge in [-0.15, -0.1) is 0 Å². The Labute approximate surface area is 90.7 Å². The number of nitrogens with one attached hydrogen (secondary N) is 1. The second-order valence-electron chi connectivity index (χ2n) is 3.88. The van der Waals surface area contributed by atoms with Crippen molar-refractivity contribution in [2.24, 2.45) is 5.73 Å². The number of aryl methyl sites for hydroxylation is 1. The highest BCUT2D eigenvalue weighted by Gasteiger charge is 2.04. The van der Waals surface area contributed by atoms with Crippen LogP contribution in [0.4, 0.5) is 0 Å². The number of hydrogen-bond acceptors (Lipinski definition) is 2. The van der Waals surface area contributed by atoms with Gasteiger partial charge < -0.3 is 11.1 Å². The minimum Gasteiger partial charge on any atom is -0.352 e. The fourth-order valence-electron chi connectivity index (χ4n) is 1.37. The van der Waals surface area contributed by atoms with Crippen LogP contribution in [0.15, 0.2) is 24.3 Å². The van der Waals surface area contributed by atoms with E-state index in [1.165, 1.54) is 5.56 Å². The number of nitrogens with two attached hydrogens (primary N) is 1. The average molecular weight is 206 g/mol. The van der Waals surface area contributed by atoms with Gasteiger partial charge in [-0.3, -0.25) is 4.79 Å². The van der Waals surface area contributed by atoms with E-state index in [1.54, 1.807) is 0 Å². The van der Waals surface area contributed by atoms with E-state index in [9.17, 15) is 4.79 Å². The number of carbonyl (C=O) groups excluding carboxylic acids is 1. The number of amides is 1. The van der Waals surface area contributed by atoms with E-state index in [1.807, 2.05) is 38.1 Å². The first-order valence-corrected chi connectivity index (χ1v) is 5.16. The highest BCUT2D eigenvalue weighted by atomic mass is 16.1. The molecule has 0 saturated carbocycles. The molecular weight excluding hydrogens is 188 g/mol. The maximum atomic E-state index is 11.3. The van der Waals surface area contributed by atoms with Gasteiger partial charge in [0.1, 0.15) is 0 Å². The van der Waals surface area contributed by atoms with Crippen molar-refractivity contribution in [2.75, 3.05) is 0 Å².